The van der Waals surface area contributed by atoms with Crippen LogP contribution in [0.3, 0.4) is 0 Å². The molecule has 0 spiro atoms. The largest absolute Gasteiger partial charge is 0.314 e. The Morgan fingerprint density at radius 1 is 1.19 bits per heavy atom. The van der Waals surface area contributed by atoms with Gasteiger partial charge in [0.2, 0.25) is 0 Å². The van der Waals surface area contributed by atoms with E-state index in [1.54, 1.807) is 0 Å². The van der Waals surface area contributed by atoms with Crippen molar-refractivity contribution in [3.8, 4) is 0 Å². The van der Waals surface area contributed by atoms with E-state index in [1.807, 2.05) is 36.1 Å². The first-order valence-electron chi connectivity index (χ1n) is 6.06. The van der Waals surface area contributed by atoms with Crippen LogP contribution in [0.1, 0.15) is 19.8 Å². The Kier molecular flexibility index (Phi) is 2.33. The molecule has 2 heteroatoms. The van der Waals surface area contributed by atoms with Crippen molar-refractivity contribution in [1.82, 2.24) is 0 Å². The van der Waals surface area contributed by atoms with Crippen LogP contribution in [0.15, 0.2) is 42.2 Å². The predicted octanol–water partition coefficient (Wildman–Crippen LogP) is 3.62. The molecular weight excluding hydrogens is 215 g/mol. The van der Waals surface area contributed by atoms with E-state index in [4.69, 9.17) is 0 Å². The van der Waals surface area contributed by atoms with Crippen molar-refractivity contribution in [2.75, 3.05) is 0 Å². The van der Waals surface area contributed by atoms with Crippen LogP contribution in [0, 0.1) is 11.8 Å². The van der Waals surface area contributed by atoms with Gasteiger partial charge in [-0.15, -0.1) is 0 Å². The van der Waals surface area contributed by atoms with Crippen molar-refractivity contribution in [1.29, 1.82) is 0 Å². The van der Waals surface area contributed by atoms with Crippen molar-refractivity contribution in [3.05, 3.63) is 42.2 Å². The normalized spacial score (nSPS) is 41.2. The lowest BCUT2D eigenvalue weighted by Crippen LogP contribution is -2.16. The highest BCUT2D eigenvalue weighted by atomic mass is 31.2. The number of allylic oxidation sites excluding steroid dienone is 1. The van der Waals surface area contributed by atoms with Crippen molar-refractivity contribution >= 4 is 12.4 Å². The van der Waals surface area contributed by atoms with Gasteiger partial charge >= 0.3 is 0 Å². The number of rotatable bonds is 1. The van der Waals surface area contributed by atoms with Crippen LogP contribution < -0.4 is 5.30 Å². The van der Waals surface area contributed by atoms with Gasteiger partial charge in [0.05, 0.1) is 0 Å². The molecule has 0 radical (unpaired) electrons. The molecule has 3 rings (SSSR count). The van der Waals surface area contributed by atoms with Crippen molar-refractivity contribution < 1.29 is 4.57 Å². The molecular formula is C14H17OP. The lowest BCUT2D eigenvalue weighted by molar-refractivity contribution is 0.504. The van der Waals surface area contributed by atoms with Crippen molar-refractivity contribution in [2.24, 2.45) is 11.8 Å². The van der Waals surface area contributed by atoms with E-state index in [-0.39, 0.29) is 0 Å². The lowest BCUT2D eigenvalue weighted by Gasteiger charge is -2.20. The summed E-state index contributed by atoms with van der Waals surface area (Å²) in [4.78, 5) is 0. The summed E-state index contributed by atoms with van der Waals surface area (Å²) in [5, 5.41) is 1.05. The Hall–Kier alpha value is -0.810. The molecule has 1 heterocycles. The van der Waals surface area contributed by atoms with E-state index < -0.39 is 7.14 Å². The summed E-state index contributed by atoms with van der Waals surface area (Å²) >= 11 is 0. The summed E-state index contributed by atoms with van der Waals surface area (Å²) in [5.74, 6) is 3.29. The van der Waals surface area contributed by atoms with Crippen molar-refractivity contribution in [3.63, 3.8) is 0 Å². The van der Waals surface area contributed by atoms with Crippen molar-refractivity contribution in [2.45, 2.75) is 25.4 Å². The Bertz CT molecular complexity index is 463. The van der Waals surface area contributed by atoms with Crippen LogP contribution in [0.4, 0.5) is 0 Å². The van der Waals surface area contributed by atoms with Crippen LogP contribution in [0.5, 0.6) is 0 Å². The zero-order chi connectivity index (χ0) is 11.2. The Morgan fingerprint density at radius 2 is 1.94 bits per heavy atom. The highest BCUT2D eigenvalue weighted by Gasteiger charge is 2.46. The van der Waals surface area contributed by atoms with Crippen LogP contribution in [0.25, 0.3) is 0 Å². The second-order valence-corrected chi connectivity index (χ2v) is 7.98. The summed E-state index contributed by atoms with van der Waals surface area (Å²) < 4.78 is 13.1. The molecule has 16 heavy (non-hydrogen) atoms. The topological polar surface area (TPSA) is 17.1 Å². The van der Waals surface area contributed by atoms with Gasteiger partial charge in [-0.3, -0.25) is 0 Å². The summed E-state index contributed by atoms with van der Waals surface area (Å²) in [6.45, 7) is 2.29. The van der Waals surface area contributed by atoms with E-state index in [9.17, 15) is 4.57 Å². The van der Waals surface area contributed by atoms with Gasteiger partial charge in [0.15, 0.2) is 0 Å². The molecule has 1 aliphatic carbocycles. The first-order valence-corrected chi connectivity index (χ1v) is 7.91. The number of fused-ring (bicyclic) bond motifs is 1. The third-order valence-electron chi connectivity index (χ3n) is 4.20. The smallest absolute Gasteiger partial charge is 0.139 e. The molecule has 1 saturated carbocycles. The van der Waals surface area contributed by atoms with Gasteiger partial charge in [-0.1, -0.05) is 43.3 Å². The molecule has 0 N–H and O–H groups in total. The molecule has 2 aliphatic rings. The monoisotopic (exact) mass is 232 g/mol. The quantitative estimate of drug-likeness (QED) is 0.676. The zero-order valence-electron chi connectivity index (χ0n) is 9.54. The van der Waals surface area contributed by atoms with E-state index in [0.29, 0.717) is 17.5 Å². The molecule has 0 amide bonds. The third-order valence-corrected chi connectivity index (χ3v) is 7.51. The van der Waals surface area contributed by atoms with Gasteiger partial charge in [-0.2, -0.15) is 0 Å². The minimum absolute atomic E-state index is 0.393. The molecule has 1 aliphatic heterocycles. The predicted molar refractivity (Wildman–Crippen MR) is 68.5 cm³/mol. The van der Waals surface area contributed by atoms with E-state index in [0.717, 1.165) is 11.7 Å². The molecule has 0 aromatic heterocycles. The van der Waals surface area contributed by atoms with Crippen LogP contribution in [-0.2, 0) is 4.57 Å². The van der Waals surface area contributed by atoms with Gasteiger partial charge in [0, 0.05) is 11.0 Å². The van der Waals surface area contributed by atoms with Gasteiger partial charge in [0.25, 0.3) is 0 Å². The maximum atomic E-state index is 13.1. The molecule has 1 nitrogen and oxygen atoms in total. The summed E-state index contributed by atoms with van der Waals surface area (Å²) in [7, 11) is -2.24. The summed E-state index contributed by atoms with van der Waals surface area (Å²) in [6.07, 6.45) is 4.58. The summed E-state index contributed by atoms with van der Waals surface area (Å²) in [6, 6.07) is 10.0. The maximum Gasteiger partial charge on any atom is 0.139 e. The molecule has 1 aromatic carbocycles. The second-order valence-electron chi connectivity index (χ2n) is 5.09. The highest BCUT2D eigenvalue weighted by Crippen LogP contribution is 2.64. The molecule has 0 bridgehead atoms. The standard InChI is InChI=1S/C14H17OP/c1-11-7-8-14-13(11)9-10-16(14,15)12-5-3-2-4-6-12/h2-6,9-11,13-14H,7-8H2,1H3/t11?,13-,14+,16?/m1/s1. The SMILES string of the molecule is CC1CC[C@H]2[C@@H]1C=CP2(=O)c1ccccc1. The fraction of sp³-hybridized carbons (Fsp3) is 0.429. The summed E-state index contributed by atoms with van der Waals surface area (Å²) in [5.41, 5.74) is 0.393. The van der Waals surface area contributed by atoms with E-state index in [2.05, 4.69) is 13.0 Å². The van der Waals surface area contributed by atoms with Crippen LogP contribution in [-0.4, -0.2) is 5.66 Å². The number of hydrogen-bond acceptors (Lipinski definition) is 1. The highest BCUT2D eigenvalue weighted by molar-refractivity contribution is 7.75. The molecule has 4 atom stereocenters. The molecule has 2 unspecified atom stereocenters. The maximum absolute atomic E-state index is 13.1. The fourth-order valence-corrected chi connectivity index (χ4v) is 6.55. The Labute approximate surface area is 96.9 Å². The van der Waals surface area contributed by atoms with Gasteiger partial charge in [0.1, 0.15) is 7.14 Å². The van der Waals surface area contributed by atoms with Gasteiger partial charge < -0.3 is 4.57 Å². The Balaban J connectivity index is 2.03. The first-order chi connectivity index (χ1) is 7.72. The first kappa shape index (κ1) is 10.4. The molecule has 1 fully saturated rings. The van der Waals surface area contributed by atoms with Gasteiger partial charge in [-0.25, -0.2) is 0 Å². The second kappa shape index (κ2) is 3.60. The van der Waals surface area contributed by atoms with Gasteiger partial charge in [-0.05, 0) is 30.5 Å². The average Bonchev–Trinajstić information content (AvgIpc) is 2.84. The molecule has 84 valence electrons. The number of hydrogen-bond donors (Lipinski definition) is 0. The molecule has 0 saturated heterocycles. The van der Waals surface area contributed by atoms with E-state index in [1.165, 1.54) is 6.42 Å². The van der Waals surface area contributed by atoms with Crippen LogP contribution >= 0.6 is 7.14 Å². The van der Waals surface area contributed by atoms with E-state index >= 15 is 0 Å². The zero-order valence-corrected chi connectivity index (χ0v) is 10.4. The fourth-order valence-electron chi connectivity index (χ4n) is 3.24. The van der Waals surface area contributed by atoms with Crippen LogP contribution in [0.2, 0.25) is 0 Å². The third kappa shape index (κ3) is 1.34. The minimum Gasteiger partial charge on any atom is -0.314 e. The Morgan fingerprint density at radius 3 is 2.69 bits per heavy atom. The lowest BCUT2D eigenvalue weighted by atomic mass is 9.99. The molecule has 1 aromatic rings. The number of benzene rings is 1. The average molecular weight is 232 g/mol. The minimum atomic E-state index is -2.24.